The fourth-order valence-corrected chi connectivity index (χ4v) is 3.67. The van der Waals surface area contributed by atoms with Gasteiger partial charge in [0, 0.05) is 17.1 Å². The van der Waals surface area contributed by atoms with Crippen LogP contribution in [-0.2, 0) is 0 Å². The van der Waals surface area contributed by atoms with Crippen molar-refractivity contribution in [3.8, 4) is 0 Å². The molecule has 0 radical (unpaired) electrons. The molecule has 148 valence electrons. The van der Waals surface area contributed by atoms with E-state index in [0.29, 0.717) is 6.04 Å². The summed E-state index contributed by atoms with van der Waals surface area (Å²) in [6, 6.07) is 20.2. The lowest BCUT2D eigenvalue weighted by atomic mass is 9.99. The standard InChI is InChI=1S/C23H30N2.2ClH/c1-4-25(5-2)16-10-11-18(3)24-23-17-19-12-6-7-13-20(19)21-14-8-9-15-22(21)23;;/h6-9,12-15,17-18,24H,4-5,10-11,16H2,1-3H3;2*1H. The molecule has 0 bridgehead atoms. The van der Waals surface area contributed by atoms with Crippen molar-refractivity contribution in [2.45, 2.75) is 39.7 Å². The Balaban J connectivity index is 0.00000182. The average molecular weight is 407 g/mol. The molecule has 0 aliphatic carbocycles. The van der Waals surface area contributed by atoms with E-state index in [1.165, 1.54) is 46.6 Å². The van der Waals surface area contributed by atoms with Crippen LogP contribution in [0.15, 0.2) is 54.6 Å². The Kier molecular flexibility index (Phi) is 9.93. The Labute approximate surface area is 176 Å². The zero-order valence-electron chi connectivity index (χ0n) is 16.6. The second-order valence-corrected chi connectivity index (χ2v) is 6.91. The summed E-state index contributed by atoms with van der Waals surface area (Å²) in [5, 5.41) is 9.05. The van der Waals surface area contributed by atoms with Crippen LogP contribution in [0.1, 0.15) is 33.6 Å². The summed E-state index contributed by atoms with van der Waals surface area (Å²) >= 11 is 0. The van der Waals surface area contributed by atoms with Crippen LogP contribution in [0.3, 0.4) is 0 Å². The highest BCUT2D eigenvalue weighted by Gasteiger charge is 2.09. The second-order valence-electron chi connectivity index (χ2n) is 6.91. The largest absolute Gasteiger partial charge is 0.382 e. The van der Waals surface area contributed by atoms with Gasteiger partial charge in [-0.1, -0.05) is 62.4 Å². The number of benzene rings is 3. The van der Waals surface area contributed by atoms with E-state index >= 15 is 0 Å². The maximum Gasteiger partial charge on any atom is 0.0428 e. The van der Waals surface area contributed by atoms with Gasteiger partial charge >= 0.3 is 0 Å². The number of anilines is 1. The highest BCUT2D eigenvalue weighted by molar-refractivity contribution is 6.12. The molecule has 1 N–H and O–H groups in total. The summed E-state index contributed by atoms with van der Waals surface area (Å²) in [5.74, 6) is 0. The van der Waals surface area contributed by atoms with Crippen LogP contribution in [0.4, 0.5) is 5.69 Å². The second kappa shape index (κ2) is 11.4. The lowest BCUT2D eigenvalue weighted by molar-refractivity contribution is 0.295. The first kappa shape index (κ1) is 23.6. The van der Waals surface area contributed by atoms with Crippen LogP contribution in [0, 0.1) is 0 Å². The zero-order valence-corrected chi connectivity index (χ0v) is 18.2. The molecular formula is C23H32Cl2N2. The predicted octanol–water partition coefficient (Wildman–Crippen LogP) is 6.76. The fraction of sp³-hybridized carbons (Fsp3) is 0.391. The predicted molar refractivity (Wildman–Crippen MR) is 126 cm³/mol. The Hall–Kier alpha value is -1.48. The first-order chi connectivity index (χ1) is 12.2. The number of hydrogen-bond acceptors (Lipinski definition) is 2. The summed E-state index contributed by atoms with van der Waals surface area (Å²) in [7, 11) is 0. The van der Waals surface area contributed by atoms with Crippen LogP contribution < -0.4 is 5.32 Å². The van der Waals surface area contributed by atoms with E-state index in [-0.39, 0.29) is 24.8 Å². The first-order valence-electron chi connectivity index (χ1n) is 9.62. The lowest BCUT2D eigenvalue weighted by Crippen LogP contribution is -2.25. The average Bonchev–Trinajstić information content (AvgIpc) is 2.65. The van der Waals surface area contributed by atoms with E-state index < -0.39 is 0 Å². The van der Waals surface area contributed by atoms with E-state index in [9.17, 15) is 0 Å². The molecule has 3 aromatic carbocycles. The van der Waals surface area contributed by atoms with Crippen molar-refractivity contribution >= 4 is 52.0 Å². The molecule has 4 heteroatoms. The van der Waals surface area contributed by atoms with Gasteiger partial charge in [-0.2, -0.15) is 0 Å². The lowest BCUT2D eigenvalue weighted by Gasteiger charge is -2.21. The molecule has 3 aromatic rings. The van der Waals surface area contributed by atoms with Gasteiger partial charge in [-0.15, -0.1) is 24.8 Å². The minimum Gasteiger partial charge on any atom is -0.382 e. The Morgan fingerprint density at radius 3 is 2.11 bits per heavy atom. The van der Waals surface area contributed by atoms with Crippen LogP contribution >= 0.6 is 24.8 Å². The summed E-state index contributed by atoms with van der Waals surface area (Å²) < 4.78 is 0. The SMILES string of the molecule is CCN(CC)CCCC(C)Nc1cc2ccccc2c2ccccc12.Cl.Cl. The van der Waals surface area contributed by atoms with E-state index in [1.54, 1.807) is 0 Å². The van der Waals surface area contributed by atoms with E-state index in [0.717, 1.165) is 13.1 Å². The van der Waals surface area contributed by atoms with Crippen LogP contribution in [0.2, 0.25) is 0 Å². The quantitative estimate of drug-likeness (QED) is 0.415. The molecule has 0 saturated carbocycles. The highest BCUT2D eigenvalue weighted by Crippen LogP contribution is 2.32. The van der Waals surface area contributed by atoms with Crippen molar-refractivity contribution in [1.29, 1.82) is 0 Å². The summed E-state index contributed by atoms with van der Waals surface area (Å²) in [6.07, 6.45) is 2.43. The fourth-order valence-electron chi connectivity index (χ4n) is 3.67. The number of nitrogens with zero attached hydrogens (tertiary/aromatic N) is 1. The third-order valence-corrected chi connectivity index (χ3v) is 5.18. The summed E-state index contributed by atoms with van der Waals surface area (Å²) in [5.41, 5.74) is 1.25. The van der Waals surface area contributed by atoms with Gasteiger partial charge in [0.2, 0.25) is 0 Å². The van der Waals surface area contributed by atoms with Crippen molar-refractivity contribution < 1.29 is 0 Å². The third-order valence-electron chi connectivity index (χ3n) is 5.18. The molecule has 0 amide bonds. The molecule has 0 heterocycles. The van der Waals surface area contributed by atoms with Gasteiger partial charge in [-0.25, -0.2) is 0 Å². The maximum atomic E-state index is 3.77. The molecular weight excluding hydrogens is 375 g/mol. The highest BCUT2D eigenvalue weighted by atomic mass is 35.5. The minimum atomic E-state index is 0. The van der Waals surface area contributed by atoms with Gasteiger partial charge in [0.15, 0.2) is 0 Å². The van der Waals surface area contributed by atoms with Crippen molar-refractivity contribution in [3.05, 3.63) is 54.6 Å². The Bertz CT molecular complexity index is 831. The number of fused-ring (bicyclic) bond motifs is 3. The van der Waals surface area contributed by atoms with Crippen molar-refractivity contribution in [1.82, 2.24) is 4.90 Å². The number of nitrogens with one attached hydrogen (secondary N) is 1. The molecule has 3 rings (SSSR count). The zero-order chi connectivity index (χ0) is 17.6. The topological polar surface area (TPSA) is 15.3 Å². The third kappa shape index (κ3) is 5.75. The smallest absolute Gasteiger partial charge is 0.0428 e. The van der Waals surface area contributed by atoms with Crippen LogP contribution in [-0.4, -0.2) is 30.6 Å². The minimum absolute atomic E-state index is 0. The van der Waals surface area contributed by atoms with Gasteiger partial charge in [0.25, 0.3) is 0 Å². The molecule has 0 aliphatic heterocycles. The van der Waals surface area contributed by atoms with Crippen molar-refractivity contribution in [3.63, 3.8) is 0 Å². The van der Waals surface area contributed by atoms with Crippen LogP contribution in [0.5, 0.6) is 0 Å². The number of hydrogen-bond donors (Lipinski definition) is 1. The van der Waals surface area contributed by atoms with Crippen molar-refractivity contribution in [2.75, 3.05) is 25.0 Å². The normalized spacial score (nSPS) is 11.9. The molecule has 0 saturated heterocycles. The molecule has 1 atom stereocenters. The monoisotopic (exact) mass is 406 g/mol. The molecule has 0 spiro atoms. The molecule has 0 fully saturated rings. The Morgan fingerprint density at radius 1 is 0.852 bits per heavy atom. The van der Waals surface area contributed by atoms with Gasteiger partial charge in [0.05, 0.1) is 0 Å². The van der Waals surface area contributed by atoms with Gasteiger partial charge < -0.3 is 10.2 Å². The summed E-state index contributed by atoms with van der Waals surface area (Å²) in [6.45, 7) is 10.3. The van der Waals surface area contributed by atoms with Gasteiger partial charge in [-0.3, -0.25) is 0 Å². The maximum absolute atomic E-state index is 3.77. The van der Waals surface area contributed by atoms with E-state index in [4.69, 9.17) is 0 Å². The van der Waals surface area contributed by atoms with Crippen LogP contribution in [0.25, 0.3) is 21.5 Å². The van der Waals surface area contributed by atoms with Crippen molar-refractivity contribution in [2.24, 2.45) is 0 Å². The van der Waals surface area contributed by atoms with E-state index in [2.05, 4.69) is 85.6 Å². The van der Waals surface area contributed by atoms with Gasteiger partial charge in [-0.05, 0) is 61.6 Å². The molecule has 27 heavy (non-hydrogen) atoms. The van der Waals surface area contributed by atoms with Gasteiger partial charge in [0.1, 0.15) is 0 Å². The molecule has 0 aromatic heterocycles. The summed E-state index contributed by atoms with van der Waals surface area (Å²) in [4.78, 5) is 2.50. The Morgan fingerprint density at radius 2 is 1.44 bits per heavy atom. The molecule has 1 unspecified atom stereocenters. The number of halogens is 2. The number of rotatable bonds is 8. The molecule has 2 nitrogen and oxygen atoms in total. The first-order valence-corrected chi connectivity index (χ1v) is 9.62. The molecule has 0 aliphatic rings. The van der Waals surface area contributed by atoms with E-state index in [1.807, 2.05) is 0 Å².